The minimum atomic E-state index is -4.17. The van der Waals surface area contributed by atoms with E-state index in [-0.39, 0.29) is 4.90 Å². The molecule has 0 radical (unpaired) electrons. The van der Waals surface area contributed by atoms with E-state index in [0.717, 1.165) is 17.6 Å². The van der Waals surface area contributed by atoms with Crippen LogP contribution in [-0.4, -0.2) is 19.5 Å². The number of hydrogen-bond acceptors (Lipinski definition) is 3. The van der Waals surface area contributed by atoms with Crippen LogP contribution in [0.25, 0.3) is 10.8 Å². The molecular formula is C12H13NO3S. The molecule has 0 aromatic heterocycles. The lowest BCUT2D eigenvalue weighted by atomic mass is 10.1. The third-order valence-corrected chi connectivity index (χ3v) is 3.41. The second-order valence-electron chi connectivity index (χ2n) is 3.70. The molecule has 0 spiro atoms. The molecule has 0 aliphatic heterocycles. The second-order valence-corrected chi connectivity index (χ2v) is 5.09. The Morgan fingerprint density at radius 1 is 1.24 bits per heavy atom. The van der Waals surface area contributed by atoms with Crippen molar-refractivity contribution in [2.24, 2.45) is 0 Å². The van der Waals surface area contributed by atoms with Crippen molar-refractivity contribution in [2.45, 2.75) is 11.8 Å². The van der Waals surface area contributed by atoms with E-state index in [1.54, 1.807) is 18.2 Å². The second kappa shape index (κ2) is 4.35. The predicted octanol–water partition coefficient (Wildman–Crippen LogP) is 2.52. The van der Waals surface area contributed by atoms with Crippen LogP contribution in [-0.2, 0) is 10.1 Å². The quantitative estimate of drug-likeness (QED) is 0.823. The standard InChI is InChI=1S/C12H13NO3S/c1-2-13-10-6-7-11-9(8-10)4-3-5-12(11)17(14,15)16/h3-8,13H,2H2,1H3,(H,14,15,16). The first kappa shape index (κ1) is 11.9. The smallest absolute Gasteiger partial charge is 0.295 e. The number of fused-ring (bicyclic) bond motifs is 1. The SMILES string of the molecule is CCNc1ccc2c(S(=O)(=O)O)cccc2c1. The summed E-state index contributed by atoms with van der Waals surface area (Å²) in [4.78, 5) is -0.0574. The Hall–Kier alpha value is -1.59. The van der Waals surface area contributed by atoms with Crippen molar-refractivity contribution < 1.29 is 13.0 Å². The van der Waals surface area contributed by atoms with Crippen LogP contribution >= 0.6 is 0 Å². The Labute approximate surface area is 100 Å². The molecule has 2 aromatic carbocycles. The fraction of sp³-hybridized carbons (Fsp3) is 0.167. The van der Waals surface area contributed by atoms with Crippen LogP contribution in [0.1, 0.15) is 6.92 Å². The van der Waals surface area contributed by atoms with Gasteiger partial charge in [0.25, 0.3) is 10.1 Å². The molecule has 17 heavy (non-hydrogen) atoms. The first-order valence-electron chi connectivity index (χ1n) is 5.26. The third-order valence-electron chi connectivity index (χ3n) is 2.50. The van der Waals surface area contributed by atoms with Gasteiger partial charge < -0.3 is 5.32 Å². The van der Waals surface area contributed by atoms with Gasteiger partial charge in [0.15, 0.2) is 0 Å². The Bertz CT molecular complexity index is 650. The van der Waals surface area contributed by atoms with Crippen molar-refractivity contribution >= 4 is 26.6 Å². The van der Waals surface area contributed by atoms with Gasteiger partial charge in [-0.2, -0.15) is 8.42 Å². The topological polar surface area (TPSA) is 66.4 Å². The molecule has 0 heterocycles. The first-order valence-corrected chi connectivity index (χ1v) is 6.70. The van der Waals surface area contributed by atoms with Crippen molar-refractivity contribution in [3.05, 3.63) is 36.4 Å². The average molecular weight is 251 g/mol. The van der Waals surface area contributed by atoms with Crippen LogP contribution in [0.5, 0.6) is 0 Å². The molecule has 0 aliphatic carbocycles. The summed E-state index contributed by atoms with van der Waals surface area (Å²) in [5, 5.41) is 4.45. The molecular weight excluding hydrogens is 238 g/mol. The molecule has 0 saturated carbocycles. The highest BCUT2D eigenvalue weighted by molar-refractivity contribution is 7.86. The lowest BCUT2D eigenvalue weighted by molar-refractivity contribution is 0.484. The fourth-order valence-electron chi connectivity index (χ4n) is 1.79. The highest BCUT2D eigenvalue weighted by Gasteiger charge is 2.13. The van der Waals surface area contributed by atoms with Crippen molar-refractivity contribution in [3.8, 4) is 0 Å². The van der Waals surface area contributed by atoms with E-state index in [1.165, 1.54) is 6.07 Å². The molecule has 0 unspecified atom stereocenters. The summed E-state index contributed by atoms with van der Waals surface area (Å²) in [6.45, 7) is 2.78. The molecule has 5 heteroatoms. The van der Waals surface area contributed by atoms with E-state index in [9.17, 15) is 8.42 Å². The summed E-state index contributed by atoms with van der Waals surface area (Å²) in [5.74, 6) is 0. The van der Waals surface area contributed by atoms with Crippen LogP contribution in [0.15, 0.2) is 41.3 Å². The molecule has 0 fully saturated rings. The molecule has 4 nitrogen and oxygen atoms in total. The van der Waals surface area contributed by atoms with Gasteiger partial charge in [-0.05, 0) is 30.5 Å². The average Bonchev–Trinajstić information content (AvgIpc) is 2.27. The van der Waals surface area contributed by atoms with Gasteiger partial charge >= 0.3 is 0 Å². The Morgan fingerprint density at radius 3 is 2.65 bits per heavy atom. The highest BCUT2D eigenvalue weighted by atomic mass is 32.2. The predicted molar refractivity (Wildman–Crippen MR) is 67.9 cm³/mol. The highest BCUT2D eigenvalue weighted by Crippen LogP contribution is 2.25. The number of benzene rings is 2. The molecule has 2 N–H and O–H groups in total. The van der Waals surface area contributed by atoms with Gasteiger partial charge in [0.05, 0.1) is 0 Å². The van der Waals surface area contributed by atoms with Crippen molar-refractivity contribution in [2.75, 3.05) is 11.9 Å². The molecule has 2 rings (SSSR count). The minimum absolute atomic E-state index is 0.0574. The van der Waals surface area contributed by atoms with E-state index in [4.69, 9.17) is 4.55 Å². The van der Waals surface area contributed by atoms with Gasteiger partial charge in [-0.25, -0.2) is 0 Å². The normalized spacial score (nSPS) is 11.6. The largest absolute Gasteiger partial charge is 0.385 e. The Kier molecular flexibility index (Phi) is 3.04. The molecule has 90 valence electrons. The van der Waals surface area contributed by atoms with Gasteiger partial charge in [-0.1, -0.05) is 18.2 Å². The van der Waals surface area contributed by atoms with E-state index >= 15 is 0 Å². The summed E-state index contributed by atoms with van der Waals surface area (Å²) >= 11 is 0. The van der Waals surface area contributed by atoms with Gasteiger partial charge in [-0.15, -0.1) is 0 Å². The van der Waals surface area contributed by atoms with Crippen molar-refractivity contribution in [3.63, 3.8) is 0 Å². The summed E-state index contributed by atoms with van der Waals surface area (Å²) in [5.41, 5.74) is 0.924. The fourth-order valence-corrected chi connectivity index (χ4v) is 2.51. The van der Waals surface area contributed by atoms with E-state index < -0.39 is 10.1 Å². The van der Waals surface area contributed by atoms with Crippen LogP contribution in [0.2, 0.25) is 0 Å². The number of nitrogens with one attached hydrogen (secondary N) is 1. The zero-order chi connectivity index (χ0) is 12.5. The monoisotopic (exact) mass is 251 g/mol. The number of hydrogen-bond donors (Lipinski definition) is 2. The van der Waals surface area contributed by atoms with Crippen LogP contribution in [0.4, 0.5) is 5.69 Å². The van der Waals surface area contributed by atoms with E-state index in [2.05, 4.69) is 5.32 Å². The zero-order valence-electron chi connectivity index (χ0n) is 9.34. The first-order chi connectivity index (χ1) is 8.02. The van der Waals surface area contributed by atoms with Crippen LogP contribution in [0.3, 0.4) is 0 Å². The summed E-state index contributed by atoms with van der Waals surface area (Å²) in [7, 11) is -4.17. The maximum absolute atomic E-state index is 11.2. The lowest BCUT2D eigenvalue weighted by Gasteiger charge is -2.07. The van der Waals surface area contributed by atoms with E-state index in [0.29, 0.717) is 5.39 Å². The molecule has 0 bridgehead atoms. The van der Waals surface area contributed by atoms with Gasteiger partial charge in [0.2, 0.25) is 0 Å². The van der Waals surface area contributed by atoms with E-state index in [1.807, 2.05) is 19.1 Å². The Balaban J connectivity index is 2.67. The molecule has 0 amide bonds. The minimum Gasteiger partial charge on any atom is -0.385 e. The number of anilines is 1. The van der Waals surface area contributed by atoms with Crippen molar-refractivity contribution in [1.82, 2.24) is 0 Å². The van der Waals surface area contributed by atoms with Crippen LogP contribution < -0.4 is 5.32 Å². The summed E-state index contributed by atoms with van der Waals surface area (Å²) < 4.78 is 31.5. The Morgan fingerprint density at radius 2 is 2.00 bits per heavy atom. The van der Waals surface area contributed by atoms with Crippen LogP contribution in [0, 0.1) is 0 Å². The van der Waals surface area contributed by atoms with Gasteiger partial charge in [0.1, 0.15) is 4.90 Å². The maximum Gasteiger partial charge on any atom is 0.295 e. The van der Waals surface area contributed by atoms with Crippen molar-refractivity contribution in [1.29, 1.82) is 0 Å². The van der Waals surface area contributed by atoms with Gasteiger partial charge in [-0.3, -0.25) is 4.55 Å². The van der Waals surface area contributed by atoms with Gasteiger partial charge in [0, 0.05) is 17.6 Å². The number of rotatable bonds is 3. The molecule has 0 atom stereocenters. The summed E-state index contributed by atoms with van der Waals surface area (Å²) in [6, 6.07) is 10.2. The summed E-state index contributed by atoms with van der Waals surface area (Å²) in [6.07, 6.45) is 0. The third kappa shape index (κ3) is 2.40. The molecule has 0 aliphatic rings. The zero-order valence-corrected chi connectivity index (χ0v) is 10.2. The maximum atomic E-state index is 11.2. The lowest BCUT2D eigenvalue weighted by Crippen LogP contribution is -2.00. The molecule has 2 aromatic rings. The molecule has 0 saturated heterocycles.